The van der Waals surface area contributed by atoms with Crippen LogP contribution in [0.3, 0.4) is 0 Å². The highest BCUT2D eigenvalue weighted by atomic mass is 31.3. The molecule has 2 heterocycles. The number of aromatic amines is 1. The lowest BCUT2D eigenvalue weighted by atomic mass is 10.2. The summed E-state index contributed by atoms with van der Waals surface area (Å²) in [6.45, 7) is -0.474. The molecule has 16 heteroatoms. The van der Waals surface area contributed by atoms with Gasteiger partial charge in [-0.15, -0.1) is 4.52 Å². The Morgan fingerprint density at radius 1 is 1.27 bits per heavy atom. The van der Waals surface area contributed by atoms with E-state index in [2.05, 4.69) is 8.83 Å². The maximum absolute atomic E-state index is 13.2. The zero-order valence-electron chi connectivity index (χ0n) is 13.3. The summed E-state index contributed by atoms with van der Waals surface area (Å²) in [5.74, 6) is -1.17. The van der Waals surface area contributed by atoms with Crippen molar-refractivity contribution in [3.05, 3.63) is 32.9 Å². The first-order valence-electron chi connectivity index (χ1n) is 6.86. The molecule has 1 aliphatic rings. The van der Waals surface area contributed by atoms with E-state index in [0.29, 0.717) is 6.20 Å². The average Bonchev–Trinajstić information content (AvgIpc) is 2.97. The maximum Gasteiger partial charge on any atom is 0.620 e. The number of hydrogen-bond donors (Lipinski definition) is 7. The van der Waals surface area contributed by atoms with Crippen LogP contribution < -0.4 is 11.2 Å². The molecule has 0 saturated carbocycles. The van der Waals surface area contributed by atoms with Crippen LogP contribution in [-0.4, -0.2) is 58.9 Å². The fraction of sp³-hybridized carbons (Fsp3) is 0.600. The van der Waals surface area contributed by atoms with Crippen molar-refractivity contribution in [2.75, 3.05) is 13.7 Å². The summed E-state index contributed by atoms with van der Waals surface area (Å²) in [7, 11) is -8.60. The Labute approximate surface area is 146 Å². The van der Waals surface area contributed by atoms with Crippen LogP contribution in [0.1, 0.15) is 19.1 Å². The molecule has 1 aliphatic heterocycles. The molecule has 2 atom stereocenters. The Hall–Kier alpha value is -0.890. The first-order chi connectivity index (χ1) is 12.0. The third-order valence-electron chi connectivity index (χ3n) is 2.96. The van der Waals surface area contributed by atoms with Gasteiger partial charge >= 0.3 is 22.0 Å². The highest BCUT2D eigenvalue weighted by molar-refractivity contribution is 7.67. The Bertz CT molecular complexity index is 703. The van der Waals surface area contributed by atoms with E-state index in [1.807, 2.05) is 0 Å². The molecule has 2 rings (SSSR count). The molecule has 0 aliphatic carbocycles. The largest absolute Gasteiger partial charge is 0.620 e. The molecule has 2 unspecified atom stereocenters. The molecule has 0 spiro atoms. The van der Waals surface area contributed by atoms with Crippen LogP contribution in [0, 0.1) is 5.82 Å². The highest BCUT2D eigenvalue weighted by Gasteiger charge is 2.58. The van der Waals surface area contributed by atoms with Gasteiger partial charge in [-0.05, 0) is 12.8 Å². The van der Waals surface area contributed by atoms with Gasteiger partial charge < -0.3 is 9.84 Å². The van der Waals surface area contributed by atoms with Crippen LogP contribution in [0.5, 0.6) is 0 Å². The van der Waals surface area contributed by atoms with Crippen LogP contribution >= 0.6 is 16.3 Å². The molecule has 26 heavy (non-hydrogen) atoms. The lowest BCUT2D eigenvalue weighted by molar-refractivity contribution is -0.0278. The lowest BCUT2D eigenvalue weighted by Crippen LogP contribution is -2.34. The first-order valence-corrected chi connectivity index (χ1v) is 9.95. The molecule has 1 aromatic rings. The molecular weight excluding hydrogens is 405 g/mol. The van der Waals surface area contributed by atoms with Gasteiger partial charge in [-0.25, -0.2) is 4.79 Å². The number of aliphatic hydroxyl groups excluding tert-OH is 1. The average molecular weight is 424 g/mol. The van der Waals surface area contributed by atoms with Crippen molar-refractivity contribution in [2.45, 2.75) is 25.2 Å². The number of halogens is 1. The molecule has 7 N–H and O–H groups in total. The van der Waals surface area contributed by atoms with Crippen LogP contribution in [0.2, 0.25) is 0 Å². The lowest BCUT2D eigenvalue weighted by Gasteiger charge is -2.15. The number of rotatable bonds is 6. The minimum atomic E-state index is -4.91. The van der Waals surface area contributed by atoms with Crippen LogP contribution in [0.4, 0.5) is 4.39 Å². The van der Waals surface area contributed by atoms with Crippen LogP contribution in [0.15, 0.2) is 15.8 Å². The van der Waals surface area contributed by atoms with Gasteiger partial charge in [0, 0.05) is 7.11 Å². The number of H-pyrrole nitrogens is 1. The molecule has 1 saturated heterocycles. The highest BCUT2D eigenvalue weighted by Crippen LogP contribution is 2.67. The summed E-state index contributed by atoms with van der Waals surface area (Å²) in [6, 6.07) is 0. The van der Waals surface area contributed by atoms with E-state index in [0.717, 1.165) is 11.7 Å². The van der Waals surface area contributed by atoms with Crippen molar-refractivity contribution in [1.82, 2.24) is 9.55 Å². The van der Waals surface area contributed by atoms with Gasteiger partial charge in [0.05, 0.1) is 16.6 Å². The number of aliphatic hydroxyl groups is 1. The second-order valence-electron chi connectivity index (χ2n) is 4.81. The summed E-state index contributed by atoms with van der Waals surface area (Å²) in [5, 5.41) is 7.00. The minimum absolute atomic E-state index is 0.236. The van der Waals surface area contributed by atoms with E-state index in [1.165, 1.54) is 0 Å². The number of aromatic nitrogens is 2. The van der Waals surface area contributed by atoms with E-state index in [1.54, 1.807) is 4.98 Å². The van der Waals surface area contributed by atoms with Crippen molar-refractivity contribution in [1.29, 1.82) is 0 Å². The van der Waals surface area contributed by atoms with Gasteiger partial charge in [-0.1, -0.05) is 0 Å². The van der Waals surface area contributed by atoms with Crippen molar-refractivity contribution >= 4 is 16.3 Å². The Balaban J connectivity index is 0.00000163. The monoisotopic (exact) mass is 424 g/mol. The Morgan fingerprint density at radius 3 is 2.46 bits per heavy atom. The number of hydrogen-bond acceptors (Lipinski definition) is 11. The summed E-state index contributed by atoms with van der Waals surface area (Å²) in [6.07, 6.45) is -0.475. The van der Waals surface area contributed by atoms with Gasteiger partial charge in [-0.3, -0.25) is 14.3 Å². The maximum atomic E-state index is 13.2. The molecular formula is C10H19FN2O11P2+2. The number of nitrogens with zero attached hydrogens (tertiary/aromatic N) is 1. The van der Waals surface area contributed by atoms with Crippen LogP contribution in [-0.2, 0) is 13.6 Å². The van der Waals surface area contributed by atoms with E-state index in [4.69, 9.17) is 24.5 Å². The smallest absolute Gasteiger partial charge is 0.400 e. The van der Waals surface area contributed by atoms with Crippen molar-refractivity contribution < 1.29 is 47.5 Å². The molecule has 0 amide bonds. The van der Waals surface area contributed by atoms with E-state index in [-0.39, 0.29) is 12.8 Å². The topological polar surface area (TPSA) is 204 Å². The molecule has 0 radical (unpaired) electrons. The molecule has 1 fully saturated rings. The van der Waals surface area contributed by atoms with Crippen molar-refractivity contribution in [3.8, 4) is 0 Å². The van der Waals surface area contributed by atoms with Crippen molar-refractivity contribution in [2.24, 2.45) is 0 Å². The fourth-order valence-corrected chi connectivity index (χ4v) is 3.73. The third-order valence-corrected chi connectivity index (χ3v) is 5.18. The summed E-state index contributed by atoms with van der Waals surface area (Å²) in [5.41, 5.74) is -2.04. The summed E-state index contributed by atoms with van der Waals surface area (Å²) in [4.78, 5) is 68.7. The van der Waals surface area contributed by atoms with Gasteiger partial charge in [0.2, 0.25) is 5.82 Å². The summed E-state index contributed by atoms with van der Waals surface area (Å²) >= 11 is 0. The zero-order valence-corrected chi connectivity index (χ0v) is 15.1. The second-order valence-corrected chi connectivity index (χ2v) is 7.73. The standard InChI is InChI=1S/C9H14FN2O10P2.CH4O/c10-6-3-12(9(14)11-8(6)13)7-2-1-5(21-7)4-20-24(18,19)22-23(15,16)17;1-2/h3,5,7,15-19H,1-2,4H2;2H,1H3/q+1;/p+1. The van der Waals surface area contributed by atoms with E-state index in [9.17, 15) is 23.8 Å². The van der Waals surface area contributed by atoms with Gasteiger partial charge in [0.1, 0.15) is 12.8 Å². The molecule has 0 aromatic carbocycles. The Kier molecular flexibility index (Phi) is 8.33. The zero-order chi connectivity index (χ0) is 20.1. The predicted molar refractivity (Wildman–Crippen MR) is 84.5 cm³/mol. The third kappa shape index (κ3) is 7.02. The molecule has 150 valence electrons. The molecule has 0 bridgehead atoms. The SMILES string of the molecule is CO.O=c1[nH]c(=O)n(C2CCC(CO[P+](O)(O)O[P+](O)(O)O)O2)cc1F. The quantitative estimate of drug-likeness (QED) is 0.257. The predicted octanol–water partition coefficient (Wildman–Crippen LogP) is -1.69. The minimum Gasteiger partial charge on any atom is -0.400 e. The number of ether oxygens (including phenoxy) is 1. The normalized spacial score (nSPS) is 20.6. The Morgan fingerprint density at radius 2 is 1.88 bits per heavy atom. The fourth-order valence-electron chi connectivity index (χ4n) is 2.04. The van der Waals surface area contributed by atoms with Crippen LogP contribution in [0.25, 0.3) is 0 Å². The van der Waals surface area contributed by atoms with Gasteiger partial charge in [-0.2, -0.15) is 28.9 Å². The summed E-state index contributed by atoms with van der Waals surface area (Å²) < 4.78 is 27.8. The van der Waals surface area contributed by atoms with Gasteiger partial charge in [0.25, 0.3) is 5.56 Å². The number of nitrogens with one attached hydrogen (secondary N) is 1. The molecule has 13 nitrogen and oxygen atoms in total. The van der Waals surface area contributed by atoms with E-state index < -0.39 is 52.3 Å². The second kappa shape index (κ2) is 9.35. The van der Waals surface area contributed by atoms with Crippen molar-refractivity contribution in [3.63, 3.8) is 0 Å². The van der Waals surface area contributed by atoms with E-state index >= 15 is 0 Å². The first kappa shape index (κ1) is 23.1. The van der Waals surface area contributed by atoms with Gasteiger partial charge in [0.15, 0.2) is 0 Å². The molecule has 1 aromatic heterocycles.